The van der Waals surface area contributed by atoms with E-state index < -0.39 is 11.9 Å². The van der Waals surface area contributed by atoms with Crippen LogP contribution in [0.1, 0.15) is 6.42 Å². The van der Waals surface area contributed by atoms with Gasteiger partial charge in [0.15, 0.2) is 0 Å². The number of hydrogen-bond acceptors (Lipinski definition) is 3. The van der Waals surface area contributed by atoms with E-state index in [2.05, 4.69) is 11.2 Å². The van der Waals surface area contributed by atoms with Crippen LogP contribution in [0.4, 0.5) is 4.79 Å². The summed E-state index contributed by atoms with van der Waals surface area (Å²) in [4.78, 5) is 20.8. The van der Waals surface area contributed by atoms with Crippen molar-refractivity contribution >= 4 is 11.9 Å². The summed E-state index contributed by atoms with van der Waals surface area (Å²) in [6.45, 7) is 0.591. The van der Waals surface area contributed by atoms with Gasteiger partial charge in [-0.15, -0.1) is 12.3 Å². The summed E-state index contributed by atoms with van der Waals surface area (Å²) in [5, 5.41) is 4.63. The fourth-order valence-corrected chi connectivity index (χ4v) is 0.544. The van der Waals surface area contributed by atoms with Gasteiger partial charge in [-0.1, -0.05) is 0 Å². The smallest absolute Gasteiger partial charge is 0.318 e. The molecule has 0 aromatic carbocycles. The maximum absolute atomic E-state index is 10.7. The zero-order valence-corrected chi connectivity index (χ0v) is 6.59. The van der Waals surface area contributed by atoms with Crippen molar-refractivity contribution in [2.75, 3.05) is 13.1 Å². The second-order valence-corrected chi connectivity index (χ2v) is 2.04. The average molecular weight is 169 g/mol. The first-order chi connectivity index (χ1) is 5.66. The van der Waals surface area contributed by atoms with E-state index in [0.717, 1.165) is 0 Å². The summed E-state index contributed by atoms with van der Waals surface area (Å²) < 4.78 is 0. The van der Waals surface area contributed by atoms with Crippen molar-refractivity contribution < 1.29 is 9.59 Å². The number of nitrogens with one attached hydrogen (secondary N) is 2. The number of terminal acetylenes is 1. The Labute approximate surface area is 70.7 Å². The molecule has 0 saturated heterocycles. The lowest BCUT2D eigenvalue weighted by molar-refractivity contribution is -0.119. The molecule has 12 heavy (non-hydrogen) atoms. The van der Waals surface area contributed by atoms with Crippen LogP contribution in [0.5, 0.6) is 0 Å². The lowest BCUT2D eigenvalue weighted by Crippen LogP contribution is -2.40. The molecule has 0 aromatic rings. The fourth-order valence-electron chi connectivity index (χ4n) is 0.544. The third kappa shape index (κ3) is 6.58. The van der Waals surface area contributed by atoms with Gasteiger partial charge in [0.25, 0.3) is 0 Å². The topological polar surface area (TPSA) is 84.2 Å². The molecule has 66 valence electrons. The van der Waals surface area contributed by atoms with Gasteiger partial charge >= 0.3 is 6.03 Å². The fraction of sp³-hybridized carbons (Fsp3) is 0.429. The SMILES string of the molecule is C#CCCNCC(=O)NC(N)=O. The minimum Gasteiger partial charge on any atom is -0.351 e. The van der Waals surface area contributed by atoms with Gasteiger partial charge in [-0.25, -0.2) is 4.79 Å². The minimum absolute atomic E-state index is 0.0462. The van der Waals surface area contributed by atoms with Gasteiger partial charge in [0.05, 0.1) is 6.54 Å². The van der Waals surface area contributed by atoms with Crippen molar-refractivity contribution in [2.45, 2.75) is 6.42 Å². The second kappa shape index (κ2) is 6.19. The number of hydrogen-bond donors (Lipinski definition) is 3. The first-order valence-electron chi connectivity index (χ1n) is 3.40. The Balaban J connectivity index is 3.33. The molecule has 0 atom stereocenters. The number of primary amides is 1. The van der Waals surface area contributed by atoms with E-state index in [1.54, 1.807) is 0 Å². The van der Waals surface area contributed by atoms with Crippen LogP contribution in [0.2, 0.25) is 0 Å². The Morgan fingerprint density at radius 3 is 2.67 bits per heavy atom. The molecule has 5 heteroatoms. The van der Waals surface area contributed by atoms with Gasteiger partial charge in [0, 0.05) is 13.0 Å². The summed E-state index contributed by atoms with van der Waals surface area (Å²) in [5.41, 5.74) is 4.69. The minimum atomic E-state index is -0.848. The average Bonchev–Trinajstić information content (AvgIpc) is 1.97. The van der Waals surface area contributed by atoms with Crippen molar-refractivity contribution in [3.05, 3.63) is 0 Å². The Morgan fingerprint density at radius 1 is 1.50 bits per heavy atom. The summed E-state index contributed by atoms with van der Waals surface area (Å²) in [7, 11) is 0. The van der Waals surface area contributed by atoms with Crippen LogP contribution in [0.25, 0.3) is 0 Å². The number of imide groups is 1. The predicted octanol–water partition coefficient (Wildman–Crippen LogP) is -1.21. The largest absolute Gasteiger partial charge is 0.351 e. The molecule has 0 aliphatic rings. The quantitative estimate of drug-likeness (QED) is 0.365. The second-order valence-electron chi connectivity index (χ2n) is 2.04. The summed E-state index contributed by atoms with van der Waals surface area (Å²) in [5.74, 6) is 1.94. The van der Waals surface area contributed by atoms with E-state index in [0.29, 0.717) is 13.0 Å². The summed E-state index contributed by atoms with van der Waals surface area (Å²) in [6.07, 6.45) is 5.51. The zero-order valence-electron chi connectivity index (χ0n) is 6.59. The molecule has 3 amide bonds. The van der Waals surface area contributed by atoms with Crippen molar-refractivity contribution in [1.82, 2.24) is 10.6 Å². The summed E-state index contributed by atoms with van der Waals surface area (Å²) >= 11 is 0. The highest BCUT2D eigenvalue weighted by Crippen LogP contribution is 1.70. The Morgan fingerprint density at radius 2 is 2.17 bits per heavy atom. The van der Waals surface area contributed by atoms with Crippen molar-refractivity contribution in [2.24, 2.45) is 5.73 Å². The first-order valence-corrected chi connectivity index (χ1v) is 3.40. The predicted molar refractivity (Wildman–Crippen MR) is 44.0 cm³/mol. The zero-order chi connectivity index (χ0) is 9.40. The molecule has 4 N–H and O–H groups in total. The van der Waals surface area contributed by atoms with Gasteiger partial charge in [0.1, 0.15) is 0 Å². The molecule has 0 heterocycles. The summed E-state index contributed by atoms with van der Waals surface area (Å²) in [6, 6.07) is -0.848. The standard InChI is InChI=1S/C7H11N3O2/c1-2-3-4-9-5-6(11)10-7(8)12/h1,9H,3-5H2,(H3,8,10,11,12). The van der Waals surface area contributed by atoms with E-state index in [1.807, 2.05) is 5.32 Å². The molecule has 0 radical (unpaired) electrons. The van der Waals surface area contributed by atoms with Crippen molar-refractivity contribution in [1.29, 1.82) is 0 Å². The number of nitrogens with two attached hydrogens (primary N) is 1. The van der Waals surface area contributed by atoms with Gasteiger partial charge < -0.3 is 11.1 Å². The number of urea groups is 1. The third-order valence-corrected chi connectivity index (χ3v) is 0.994. The molecule has 0 spiro atoms. The highest BCUT2D eigenvalue weighted by molar-refractivity contribution is 5.94. The van der Waals surface area contributed by atoms with Crippen molar-refractivity contribution in [3.63, 3.8) is 0 Å². The molecule has 0 bridgehead atoms. The molecular formula is C7H11N3O2. The molecule has 0 rings (SSSR count). The van der Waals surface area contributed by atoms with E-state index in [-0.39, 0.29) is 6.54 Å². The number of carbonyl (C=O) groups is 2. The van der Waals surface area contributed by atoms with Crippen LogP contribution in [0.15, 0.2) is 0 Å². The van der Waals surface area contributed by atoms with Gasteiger partial charge in [-0.05, 0) is 0 Å². The monoisotopic (exact) mass is 169 g/mol. The normalized spacial score (nSPS) is 8.58. The van der Waals surface area contributed by atoms with E-state index in [1.165, 1.54) is 0 Å². The molecule has 0 fully saturated rings. The van der Waals surface area contributed by atoms with Crippen LogP contribution >= 0.6 is 0 Å². The Bertz CT molecular complexity index is 207. The maximum Gasteiger partial charge on any atom is 0.318 e. The highest BCUT2D eigenvalue weighted by atomic mass is 16.2. The molecular weight excluding hydrogens is 158 g/mol. The molecule has 0 aromatic heterocycles. The number of amides is 3. The number of rotatable bonds is 4. The van der Waals surface area contributed by atoms with E-state index in [9.17, 15) is 9.59 Å². The van der Waals surface area contributed by atoms with Crippen molar-refractivity contribution in [3.8, 4) is 12.3 Å². The lowest BCUT2D eigenvalue weighted by atomic mass is 10.4. The maximum atomic E-state index is 10.7. The third-order valence-electron chi connectivity index (χ3n) is 0.994. The molecule has 0 saturated carbocycles. The molecule has 0 aliphatic heterocycles. The molecule has 0 unspecified atom stereocenters. The first kappa shape index (κ1) is 10.5. The molecule has 0 aliphatic carbocycles. The highest BCUT2D eigenvalue weighted by Gasteiger charge is 2.01. The van der Waals surface area contributed by atoms with E-state index >= 15 is 0 Å². The van der Waals surface area contributed by atoms with E-state index in [4.69, 9.17) is 12.2 Å². The Hall–Kier alpha value is -1.54. The van der Waals surface area contributed by atoms with Gasteiger partial charge in [0.2, 0.25) is 5.91 Å². The van der Waals surface area contributed by atoms with Crippen LogP contribution in [-0.2, 0) is 4.79 Å². The number of carbonyl (C=O) groups excluding carboxylic acids is 2. The van der Waals surface area contributed by atoms with Gasteiger partial charge in [-0.2, -0.15) is 0 Å². The van der Waals surface area contributed by atoms with Crippen LogP contribution < -0.4 is 16.4 Å². The Kier molecular flexibility index (Phi) is 5.39. The van der Waals surface area contributed by atoms with Crippen LogP contribution in [0, 0.1) is 12.3 Å². The molecule has 5 nitrogen and oxygen atoms in total. The van der Waals surface area contributed by atoms with Crippen LogP contribution in [-0.4, -0.2) is 25.0 Å². The van der Waals surface area contributed by atoms with Crippen LogP contribution in [0.3, 0.4) is 0 Å². The lowest BCUT2D eigenvalue weighted by Gasteiger charge is -2.00. The van der Waals surface area contributed by atoms with Gasteiger partial charge in [-0.3, -0.25) is 10.1 Å².